The lowest BCUT2D eigenvalue weighted by Gasteiger charge is -2.34. The third-order valence-corrected chi connectivity index (χ3v) is 3.72. The SMILES string of the molecule is O=C(O)C1CCCCN1C(=O)CN1CCC(F)(F)C1. The summed E-state index contributed by atoms with van der Waals surface area (Å²) in [7, 11) is 0. The third-order valence-electron chi connectivity index (χ3n) is 3.72. The van der Waals surface area contributed by atoms with E-state index in [2.05, 4.69) is 0 Å². The number of carbonyl (C=O) groups is 2. The molecule has 0 bridgehead atoms. The van der Waals surface area contributed by atoms with Gasteiger partial charge in [0.25, 0.3) is 5.92 Å². The molecule has 0 radical (unpaired) electrons. The average Bonchev–Trinajstić information content (AvgIpc) is 2.68. The number of carboxylic acid groups (broad SMARTS) is 1. The Morgan fingerprint density at radius 3 is 2.58 bits per heavy atom. The predicted molar refractivity (Wildman–Crippen MR) is 63.0 cm³/mol. The fourth-order valence-electron chi connectivity index (χ4n) is 2.71. The second kappa shape index (κ2) is 5.40. The molecule has 0 aliphatic carbocycles. The molecule has 7 heteroatoms. The number of nitrogens with zero attached hydrogens (tertiary/aromatic N) is 2. The second-order valence-electron chi connectivity index (χ2n) is 5.25. The molecule has 0 aromatic rings. The topological polar surface area (TPSA) is 60.9 Å². The fraction of sp³-hybridized carbons (Fsp3) is 0.833. The van der Waals surface area contributed by atoms with Crippen LogP contribution in [0.5, 0.6) is 0 Å². The molecule has 1 amide bonds. The van der Waals surface area contributed by atoms with Crippen LogP contribution in [0.25, 0.3) is 0 Å². The summed E-state index contributed by atoms with van der Waals surface area (Å²) < 4.78 is 26.1. The van der Waals surface area contributed by atoms with Gasteiger partial charge in [0.2, 0.25) is 5.91 Å². The van der Waals surface area contributed by atoms with Crippen molar-refractivity contribution in [2.24, 2.45) is 0 Å². The van der Waals surface area contributed by atoms with Crippen molar-refractivity contribution in [3.05, 3.63) is 0 Å². The highest BCUT2D eigenvalue weighted by atomic mass is 19.3. The molecule has 2 aliphatic rings. The maximum Gasteiger partial charge on any atom is 0.326 e. The summed E-state index contributed by atoms with van der Waals surface area (Å²) in [5.74, 6) is -4.10. The Labute approximate surface area is 110 Å². The lowest BCUT2D eigenvalue weighted by molar-refractivity contribution is -0.152. The van der Waals surface area contributed by atoms with Gasteiger partial charge in [0.15, 0.2) is 0 Å². The minimum absolute atomic E-state index is 0.112. The van der Waals surface area contributed by atoms with Crippen molar-refractivity contribution < 1.29 is 23.5 Å². The van der Waals surface area contributed by atoms with Crippen LogP contribution in [0.3, 0.4) is 0 Å². The standard InChI is InChI=1S/C12H18F2N2O3/c13-12(14)4-6-15(8-12)7-10(17)16-5-2-1-3-9(16)11(18)19/h9H,1-8H2,(H,18,19). The molecule has 108 valence electrons. The number of carboxylic acids is 1. The van der Waals surface area contributed by atoms with Crippen LogP contribution in [0.4, 0.5) is 8.78 Å². The first-order valence-corrected chi connectivity index (χ1v) is 6.51. The monoisotopic (exact) mass is 276 g/mol. The Kier molecular flexibility index (Phi) is 4.03. The van der Waals surface area contributed by atoms with Crippen molar-refractivity contribution in [2.45, 2.75) is 37.6 Å². The van der Waals surface area contributed by atoms with Crippen molar-refractivity contribution >= 4 is 11.9 Å². The van der Waals surface area contributed by atoms with Gasteiger partial charge in [-0.25, -0.2) is 13.6 Å². The van der Waals surface area contributed by atoms with Crippen molar-refractivity contribution in [1.82, 2.24) is 9.80 Å². The van der Waals surface area contributed by atoms with Crippen LogP contribution in [0.15, 0.2) is 0 Å². The van der Waals surface area contributed by atoms with Gasteiger partial charge in [-0.3, -0.25) is 9.69 Å². The Bertz CT molecular complexity index is 376. The maximum absolute atomic E-state index is 13.0. The van der Waals surface area contributed by atoms with E-state index in [9.17, 15) is 18.4 Å². The van der Waals surface area contributed by atoms with Crippen molar-refractivity contribution in [1.29, 1.82) is 0 Å². The number of hydrogen-bond donors (Lipinski definition) is 1. The van der Waals surface area contributed by atoms with Crippen molar-refractivity contribution in [2.75, 3.05) is 26.2 Å². The third kappa shape index (κ3) is 3.40. The molecule has 0 saturated carbocycles. The number of piperidine rings is 1. The number of likely N-dealkylation sites (tertiary alicyclic amines) is 2. The van der Waals surface area contributed by atoms with E-state index in [1.54, 1.807) is 0 Å². The van der Waals surface area contributed by atoms with E-state index in [0.717, 1.165) is 12.8 Å². The van der Waals surface area contributed by atoms with E-state index in [-0.39, 0.29) is 25.4 Å². The quantitative estimate of drug-likeness (QED) is 0.828. The van der Waals surface area contributed by atoms with Crippen molar-refractivity contribution in [3.8, 4) is 0 Å². The van der Waals surface area contributed by atoms with Gasteiger partial charge in [0.1, 0.15) is 6.04 Å². The van der Waals surface area contributed by atoms with E-state index < -0.39 is 24.5 Å². The molecule has 2 heterocycles. The lowest BCUT2D eigenvalue weighted by atomic mass is 10.0. The normalized spacial score (nSPS) is 27.5. The van der Waals surface area contributed by atoms with Crippen LogP contribution in [-0.4, -0.2) is 64.9 Å². The summed E-state index contributed by atoms with van der Waals surface area (Å²) >= 11 is 0. The van der Waals surface area contributed by atoms with E-state index >= 15 is 0 Å². The van der Waals surface area contributed by atoms with E-state index in [0.29, 0.717) is 13.0 Å². The zero-order valence-electron chi connectivity index (χ0n) is 10.6. The Morgan fingerprint density at radius 2 is 2.00 bits per heavy atom. The van der Waals surface area contributed by atoms with Gasteiger partial charge in [0.05, 0.1) is 13.1 Å². The zero-order chi connectivity index (χ0) is 14.0. The second-order valence-corrected chi connectivity index (χ2v) is 5.25. The van der Waals surface area contributed by atoms with E-state index in [1.807, 2.05) is 0 Å². The summed E-state index contributed by atoms with van der Waals surface area (Å²) in [5, 5.41) is 9.07. The van der Waals surface area contributed by atoms with Gasteiger partial charge in [-0.1, -0.05) is 0 Å². The zero-order valence-corrected chi connectivity index (χ0v) is 10.6. The first kappa shape index (κ1) is 14.2. The van der Waals surface area contributed by atoms with Crippen LogP contribution in [0.2, 0.25) is 0 Å². The van der Waals surface area contributed by atoms with Gasteiger partial charge >= 0.3 is 5.97 Å². The molecule has 1 atom stereocenters. The summed E-state index contributed by atoms with van der Waals surface area (Å²) in [4.78, 5) is 25.9. The van der Waals surface area contributed by atoms with E-state index in [1.165, 1.54) is 9.80 Å². The lowest BCUT2D eigenvalue weighted by Crippen LogP contribution is -2.51. The number of rotatable bonds is 3. The molecule has 1 unspecified atom stereocenters. The molecule has 2 saturated heterocycles. The van der Waals surface area contributed by atoms with Gasteiger partial charge in [0, 0.05) is 19.5 Å². The highest BCUT2D eigenvalue weighted by Crippen LogP contribution is 2.27. The molecule has 19 heavy (non-hydrogen) atoms. The van der Waals surface area contributed by atoms with Crippen LogP contribution in [0.1, 0.15) is 25.7 Å². The molecular weight excluding hydrogens is 258 g/mol. The fourth-order valence-corrected chi connectivity index (χ4v) is 2.71. The average molecular weight is 276 g/mol. The van der Waals surface area contributed by atoms with Gasteiger partial charge < -0.3 is 10.0 Å². The molecule has 0 aromatic heterocycles. The summed E-state index contributed by atoms with van der Waals surface area (Å²) in [6, 6.07) is -0.802. The molecular formula is C12H18F2N2O3. The van der Waals surface area contributed by atoms with Gasteiger partial charge in [-0.05, 0) is 19.3 Å². The highest BCUT2D eigenvalue weighted by Gasteiger charge is 2.40. The van der Waals surface area contributed by atoms with Crippen LogP contribution >= 0.6 is 0 Å². The number of halogens is 2. The first-order chi connectivity index (χ1) is 8.89. The number of aliphatic carboxylic acids is 1. The molecule has 0 spiro atoms. The van der Waals surface area contributed by atoms with Crippen LogP contribution < -0.4 is 0 Å². The highest BCUT2D eigenvalue weighted by molar-refractivity contribution is 5.85. The molecule has 5 nitrogen and oxygen atoms in total. The number of hydrogen-bond acceptors (Lipinski definition) is 3. The number of carbonyl (C=O) groups excluding carboxylic acids is 1. The predicted octanol–water partition coefficient (Wildman–Crippen LogP) is 0.793. The minimum Gasteiger partial charge on any atom is -0.480 e. The largest absolute Gasteiger partial charge is 0.480 e. The Morgan fingerprint density at radius 1 is 1.26 bits per heavy atom. The molecule has 2 aliphatic heterocycles. The van der Waals surface area contributed by atoms with Crippen LogP contribution in [0, 0.1) is 0 Å². The van der Waals surface area contributed by atoms with Gasteiger partial charge in [-0.15, -0.1) is 0 Å². The molecule has 0 aromatic carbocycles. The van der Waals surface area contributed by atoms with Gasteiger partial charge in [-0.2, -0.15) is 0 Å². The minimum atomic E-state index is -2.73. The molecule has 1 N–H and O–H groups in total. The molecule has 2 fully saturated rings. The van der Waals surface area contributed by atoms with Crippen LogP contribution in [-0.2, 0) is 9.59 Å². The Hall–Kier alpha value is -1.24. The summed E-state index contributed by atoms with van der Waals surface area (Å²) in [5.41, 5.74) is 0. The Balaban J connectivity index is 1.93. The smallest absolute Gasteiger partial charge is 0.326 e. The van der Waals surface area contributed by atoms with E-state index in [4.69, 9.17) is 5.11 Å². The molecule has 2 rings (SSSR count). The maximum atomic E-state index is 13.0. The number of alkyl halides is 2. The first-order valence-electron chi connectivity index (χ1n) is 6.51. The number of amides is 1. The van der Waals surface area contributed by atoms with Crippen molar-refractivity contribution in [3.63, 3.8) is 0 Å². The summed E-state index contributed by atoms with van der Waals surface area (Å²) in [6.45, 7) is 0.0635. The summed E-state index contributed by atoms with van der Waals surface area (Å²) in [6.07, 6.45) is 1.76.